The Morgan fingerprint density at radius 3 is 2.79 bits per heavy atom. The lowest BCUT2D eigenvalue weighted by Gasteiger charge is -1.98. The van der Waals surface area contributed by atoms with Crippen LogP contribution in [-0.4, -0.2) is 12.1 Å². The molecule has 1 atom stereocenters. The molecule has 0 aliphatic carbocycles. The van der Waals surface area contributed by atoms with Crippen molar-refractivity contribution >= 4 is 10.9 Å². The second-order valence-electron chi connectivity index (χ2n) is 3.47. The first-order chi connectivity index (χ1) is 6.70. The van der Waals surface area contributed by atoms with Gasteiger partial charge in [0.2, 0.25) is 0 Å². The number of nitrogens with one attached hydrogen (secondary N) is 1. The second-order valence-corrected chi connectivity index (χ2v) is 3.47. The van der Waals surface area contributed by atoms with Crippen LogP contribution in [0.1, 0.15) is 18.7 Å². The highest BCUT2D eigenvalue weighted by atomic mass is 16.5. The summed E-state index contributed by atoms with van der Waals surface area (Å²) in [4.78, 5) is 3.27. The van der Waals surface area contributed by atoms with Crippen LogP contribution in [0.5, 0.6) is 5.75 Å². The van der Waals surface area contributed by atoms with Gasteiger partial charge in [0.25, 0.3) is 0 Å². The Morgan fingerprint density at radius 2 is 2.14 bits per heavy atom. The van der Waals surface area contributed by atoms with Crippen LogP contribution in [0.3, 0.4) is 0 Å². The van der Waals surface area contributed by atoms with Crippen molar-refractivity contribution in [3.63, 3.8) is 0 Å². The van der Waals surface area contributed by atoms with Gasteiger partial charge in [-0.1, -0.05) is 0 Å². The van der Waals surface area contributed by atoms with Gasteiger partial charge in [0, 0.05) is 22.6 Å². The number of aromatic nitrogens is 1. The fourth-order valence-electron chi connectivity index (χ4n) is 1.51. The van der Waals surface area contributed by atoms with Crippen LogP contribution in [0.25, 0.3) is 10.9 Å². The second kappa shape index (κ2) is 3.35. The zero-order valence-corrected chi connectivity index (χ0v) is 8.37. The van der Waals surface area contributed by atoms with Gasteiger partial charge in [-0.05, 0) is 31.2 Å². The topological polar surface area (TPSA) is 51.0 Å². The fraction of sp³-hybridized carbons (Fsp3) is 0.273. The number of benzene rings is 1. The molecule has 2 rings (SSSR count). The van der Waals surface area contributed by atoms with Gasteiger partial charge in [-0.2, -0.15) is 0 Å². The predicted molar refractivity (Wildman–Crippen MR) is 57.5 cm³/mol. The minimum Gasteiger partial charge on any atom is -0.497 e. The van der Waals surface area contributed by atoms with Crippen LogP contribution >= 0.6 is 0 Å². The van der Waals surface area contributed by atoms with Gasteiger partial charge in [-0.15, -0.1) is 0 Å². The molecule has 1 aromatic carbocycles. The average molecular weight is 190 g/mol. The number of aromatic amines is 1. The Kier molecular flexibility index (Phi) is 2.17. The Morgan fingerprint density at radius 1 is 1.36 bits per heavy atom. The van der Waals surface area contributed by atoms with E-state index in [1.165, 1.54) is 0 Å². The maximum atomic E-state index is 5.79. The number of nitrogens with two attached hydrogens (primary N) is 1. The minimum atomic E-state index is 0.0356. The summed E-state index contributed by atoms with van der Waals surface area (Å²) in [6.45, 7) is 1.96. The van der Waals surface area contributed by atoms with Crippen LogP contribution in [0.2, 0.25) is 0 Å². The highest BCUT2D eigenvalue weighted by molar-refractivity contribution is 5.82. The van der Waals surface area contributed by atoms with Gasteiger partial charge in [0.1, 0.15) is 5.75 Å². The van der Waals surface area contributed by atoms with Gasteiger partial charge < -0.3 is 15.5 Å². The third-order valence-corrected chi connectivity index (χ3v) is 2.34. The first-order valence-electron chi connectivity index (χ1n) is 4.63. The zero-order valence-electron chi connectivity index (χ0n) is 8.37. The van der Waals surface area contributed by atoms with Crippen LogP contribution in [0.15, 0.2) is 24.3 Å². The Bertz CT molecular complexity index is 445. The molecule has 74 valence electrons. The number of hydrogen-bond acceptors (Lipinski definition) is 2. The summed E-state index contributed by atoms with van der Waals surface area (Å²) in [6.07, 6.45) is 0. The Labute approximate surface area is 82.9 Å². The van der Waals surface area contributed by atoms with E-state index in [1.54, 1.807) is 7.11 Å². The molecule has 2 aromatic rings. The van der Waals surface area contributed by atoms with E-state index in [2.05, 4.69) is 11.1 Å². The Balaban J connectivity index is 2.54. The highest BCUT2D eigenvalue weighted by Gasteiger charge is 2.04. The maximum Gasteiger partial charge on any atom is 0.119 e. The summed E-state index contributed by atoms with van der Waals surface area (Å²) in [6, 6.07) is 8.03. The molecule has 0 aliphatic rings. The molecule has 0 spiro atoms. The summed E-state index contributed by atoms with van der Waals surface area (Å²) >= 11 is 0. The van der Waals surface area contributed by atoms with Crippen molar-refractivity contribution in [3.8, 4) is 5.75 Å². The molecule has 0 aliphatic heterocycles. The van der Waals surface area contributed by atoms with Gasteiger partial charge in [0.15, 0.2) is 0 Å². The largest absolute Gasteiger partial charge is 0.497 e. The molecule has 0 bridgehead atoms. The van der Waals surface area contributed by atoms with E-state index in [-0.39, 0.29) is 6.04 Å². The number of rotatable bonds is 2. The fourth-order valence-corrected chi connectivity index (χ4v) is 1.51. The smallest absolute Gasteiger partial charge is 0.119 e. The molecular formula is C11H14N2O. The van der Waals surface area contributed by atoms with E-state index in [9.17, 15) is 0 Å². The van der Waals surface area contributed by atoms with Gasteiger partial charge in [0.05, 0.1) is 7.11 Å². The number of fused-ring (bicyclic) bond motifs is 1. The molecule has 3 nitrogen and oxygen atoms in total. The maximum absolute atomic E-state index is 5.79. The SMILES string of the molecule is COc1ccc2[nH]c([C@@H](C)N)cc2c1. The lowest BCUT2D eigenvalue weighted by molar-refractivity contribution is 0.415. The van der Waals surface area contributed by atoms with E-state index < -0.39 is 0 Å². The molecule has 3 heteroatoms. The monoisotopic (exact) mass is 190 g/mol. The van der Waals surface area contributed by atoms with Crippen molar-refractivity contribution in [2.24, 2.45) is 5.73 Å². The average Bonchev–Trinajstić information content (AvgIpc) is 2.59. The van der Waals surface area contributed by atoms with Gasteiger partial charge >= 0.3 is 0 Å². The van der Waals surface area contributed by atoms with Crippen LogP contribution in [-0.2, 0) is 0 Å². The van der Waals surface area contributed by atoms with Crippen molar-refractivity contribution in [2.75, 3.05) is 7.11 Å². The van der Waals surface area contributed by atoms with E-state index in [0.29, 0.717) is 0 Å². The molecular weight excluding hydrogens is 176 g/mol. The standard InChI is InChI=1S/C11H14N2O/c1-7(12)11-6-8-5-9(14-2)3-4-10(8)13-11/h3-7,13H,12H2,1-2H3/t7-/m1/s1. The van der Waals surface area contributed by atoms with E-state index in [4.69, 9.17) is 10.5 Å². The first-order valence-corrected chi connectivity index (χ1v) is 4.63. The first kappa shape index (κ1) is 9.09. The van der Waals surface area contributed by atoms with Crippen LogP contribution in [0, 0.1) is 0 Å². The molecule has 14 heavy (non-hydrogen) atoms. The number of hydrogen-bond donors (Lipinski definition) is 2. The van der Waals surface area contributed by atoms with E-state index >= 15 is 0 Å². The van der Waals surface area contributed by atoms with E-state index in [1.807, 2.05) is 25.1 Å². The summed E-state index contributed by atoms with van der Waals surface area (Å²) in [7, 11) is 1.67. The molecule has 0 radical (unpaired) electrons. The molecule has 0 saturated carbocycles. The van der Waals surface area contributed by atoms with Crippen molar-refractivity contribution in [3.05, 3.63) is 30.0 Å². The predicted octanol–water partition coefficient (Wildman–Crippen LogP) is 2.20. The van der Waals surface area contributed by atoms with E-state index in [0.717, 1.165) is 22.3 Å². The van der Waals surface area contributed by atoms with Crippen LogP contribution in [0.4, 0.5) is 0 Å². The zero-order chi connectivity index (χ0) is 10.1. The molecule has 0 fully saturated rings. The molecule has 0 saturated heterocycles. The van der Waals surface area contributed by atoms with Crippen molar-refractivity contribution < 1.29 is 4.74 Å². The van der Waals surface area contributed by atoms with Gasteiger partial charge in [-0.3, -0.25) is 0 Å². The molecule has 1 aromatic heterocycles. The number of methoxy groups -OCH3 is 1. The summed E-state index contributed by atoms with van der Waals surface area (Å²) in [5.74, 6) is 0.868. The number of ether oxygens (including phenoxy) is 1. The quantitative estimate of drug-likeness (QED) is 0.762. The van der Waals surface area contributed by atoms with Crippen molar-refractivity contribution in [1.82, 2.24) is 4.98 Å². The normalized spacial score (nSPS) is 13.1. The molecule has 1 heterocycles. The molecule has 3 N–H and O–H groups in total. The van der Waals surface area contributed by atoms with Gasteiger partial charge in [-0.25, -0.2) is 0 Å². The summed E-state index contributed by atoms with van der Waals surface area (Å²) < 4.78 is 5.15. The lowest BCUT2D eigenvalue weighted by Crippen LogP contribution is -2.04. The lowest BCUT2D eigenvalue weighted by atomic mass is 10.2. The summed E-state index contributed by atoms with van der Waals surface area (Å²) in [5.41, 5.74) is 7.93. The third-order valence-electron chi connectivity index (χ3n) is 2.34. The van der Waals surface area contributed by atoms with Crippen molar-refractivity contribution in [2.45, 2.75) is 13.0 Å². The highest BCUT2D eigenvalue weighted by Crippen LogP contribution is 2.23. The van der Waals surface area contributed by atoms with Crippen LogP contribution < -0.4 is 10.5 Å². The molecule has 0 amide bonds. The molecule has 0 unspecified atom stereocenters. The third kappa shape index (κ3) is 1.46. The minimum absolute atomic E-state index is 0.0356. The van der Waals surface area contributed by atoms with Crippen molar-refractivity contribution in [1.29, 1.82) is 0 Å². The number of H-pyrrole nitrogens is 1. The summed E-state index contributed by atoms with van der Waals surface area (Å²) in [5, 5.41) is 1.14. The Hall–Kier alpha value is -1.48.